The lowest BCUT2D eigenvalue weighted by Gasteiger charge is -2.24. The third-order valence-electron chi connectivity index (χ3n) is 4.11. The van der Waals surface area contributed by atoms with Gasteiger partial charge in [0.1, 0.15) is 12.1 Å². The molecule has 1 saturated heterocycles. The van der Waals surface area contributed by atoms with Crippen molar-refractivity contribution in [3.8, 4) is 11.5 Å². The maximum atomic E-state index is 13.3. The maximum Gasteiger partial charge on any atom is 0.258 e. The highest BCUT2D eigenvalue weighted by atomic mass is 32.2. The quantitative estimate of drug-likeness (QED) is 0.701. The summed E-state index contributed by atoms with van der Waals surface area (Å²) in [6.45, 7) is 2.02. The van der Waals surface area contributed by atoms with Crippen molar-refractivity contribution in [2.75, 3.05) is 13.1 Å². The van der Waals surface area contributed by atoms with Crippen molar-refractivity contribution in [2.24, 2.45) is 0 Å². The molecule has 7 nitrogen and oxygen atoms in total. The van der Waals surface area contributed by atoms with Crippen LogP contribution in [-0.4, -0.2) is 38.0 Å². The number of rotatable bonds is 5. The number of aromatic nitrogens is 5. The number of piperidine rings is 1. The highest BCUT2D eigenvalue weighted by Crippen LogP contribution is 2.27. The molecule has 0 amide bonds. The Hall–Kier alpha value is -2.26. The number of nitrogens with zero attached hydrogens (tertiary/aromatic N) is 5. The fourth-order valence-electron chi connectivity index (χ4n) is 2.85. The first-order valence-corrected chi connectivity index (χ1v) is 9.10. The molecule has 3 heterocycles. The summed E-state index contributed by atoms with van der Waals surface area (Å²) in [5.74, 6) is 1.04. The third kappa shape index (κ3) is 3.72. The van der Waals surface area contributed by atoms with Gasteiger partial charge in [-0.2, -0.15) is 4.98 Å². The van der Waals surface area contributed by atoms with E-state index in [1.54, 1.807) is 18.5 Å². The molecule has 1 N–H and O–H groups in total. The molecule has 1 aromatic carbocycles. The van der Waals surface area contributed by atoms with Crippen molar-refractivity contribution < 1.29 is 8.91 Å². The monoisotopic (exact) mass is 360 g/mol. The van der Waals surface area contributed by atoms with Gasteiger partial charge in [0, 0.05) is 11.6 Å². The second kappa shape index (κ2) is 7.32. The van der Waals surface area contributed by atoms with E-state index in [9.17, 15) is 4.39 Å². The summed E-state index contributed by atoms with van der Waals surface area (Å²) in [6, 6.07) is 6.53. The number of halogens is 1. The van der Waals surface area contributed by atoms with E-state index in [4.69, 9.17) is 4.52 Å². The van der Waals surface area contributed by atoms with Gasteiger partial charge < -0.3 is 14.4 Å². The van der Waals surface area contributed by atoms with Crippen LogP contribution in [0.1, 0.15) is 24.7 Å². The molecule has 4 rings (SSSR count). The molecule has 0 bridgehead atoms. The molecule has 0 saturated carbocycles. The van der Waals surface area contributed by atoms with Gasteiger partial charge >= 0.3 is 0 Å². The van der Waals surface area contributed by atoms with E-state index in [-0.39, 0.29) is 5.82 Å². The Labute approximate surface area is 148 Å². The molecule has 0 spiro atoms. The van der Waals surface area contributed by atoms with Crippen LogP contribution in [0.3, 0.4) is 0 Å². The molecule has 1 aliphatic heterocycles. The molecule has 0 atom stereocenters. The molecular formula is C16H17FN6OS. The first-order valence-electron chi connectivity index (χ1n) is 8.11. The minimum absolute atomic E-state index is 0.315. The third-order valence-corrected chi connectivity index (χ3v) is 5.07. The molecule has 1 aliphatic rings. The Morgan fingerprint density at radius 2 is 2.20 bits per heavy atom. The summed E-state index contributed by atoms with van der Waals surface area (Å²) >= 11 is 1.52. The molecule has 25 heavy (non-hydrogen) atoms. The van der Waals surface area contributed by atoms with Gasteiger partial charge in [0.25, 0.3) is 5.89 Å². The van der Waals surface area contributed by atoms with Crippen LogP contribution in [0.5, 0.6) is 0 Å². The average Bonchev–Trinajstić information content (AvgIpc) is 3.30. The molecule has 0 aliphatic carbocycles. The largest absolute Gasteiger partial charge is 0.334 e. The minimum Gasteiger partial charge on any atom is -0.334 e. The highest BCUT2D eigenvalue weighted by molar-refractivity contribution is 7.98. The smallest absolute Gasteiger partial charge is 0.258 e. The lowest BCUT2D eigenvalue weighted by atomic mass is 10.1. The Balaban J connectivity index is 1.43. The van der Waals surface area contributed by atoms with Gasteiger partial charge in [-0.15, -0.1) is 10.2 Å². The fourth-order valence-corrected chi connectivity index (χ4v) is 3.68. The number of hydrogen-bond donors (Lipinski definition) is 1. The van der Waals surface area contributed by atoms with Crippen LogP contribution in [0.4, 0.5) is 4.39 Å². The number of benzene rings is 1. The number of thioether (sulfide) groups is 1. The van der Waals surface area contributed by atoms with Crippen LogP contribution in [0.15, 0.2) is 40.3 Å². The predicted octanol–water partition coefficient (Wildman–Crippen LogP) is 2.68. The summed E-state index contributed by atoms with van der Waals surface area (Å²) in [5.41, 5.74) is 0.571. The lowest BCUT2D eigenvalue weighted by Crippen LogP contribution is -2.29. The Kier molecular flexibility index (Phi) is 4.75. The first-order chi connectivity index (χ1) is 12.3. The molecule has 0 unspecified atom stereocenters. The predicted molar refractivity (Wildman–Crippen MR) is 90.4 cm³/mol. The first kappa shape index (κ1) is 16.2. The highest BCUT2D eigenvalue weighted by Gasteiger charge is 2.19. The zero-order valence-electron chi connectivity index (χ0n) is 13.4. The fraction of sp³-hybridized carbons (Fsp3) is 0.375. The van der Waals surface area contributed by atoms with Crippen molar-refractivity contribution in [3.63, 3.8) is 0 Å². The van der Waals surface area contributed by atoms with E-state index in [0.717, 1.165) is 31.1 Å². The van der Waals surface area contributed by atoms with Crippen LogP contribution in [0.25, 0.3) is 11.5 Å². The standard InChI is InChI=1S/C16H17FN6OS/c17-12-3-1-2-11(8-12)15-20-14(22-24-15)9-25-16-21-19-10-23(16)13-4-6-18-7-5-13/h1-3,8,10,13,18H,4-7,9H2. The molecular weight excluding hydrogens is 343 g/mol. The van der Waals surface area contributed by atoms with Gasteiger partial charge in [-0.05, 0) is 44.1 Å². The van der Waals surface area contributed by atoms with E-state index in [0.29, 0.717) is 29.1 Å². The van der Waals surface area contributed by atoms with E-state index in [2.05, 4.69) is 30.2 Å². The summed E-state index contributed by atoms with van der Waals surface area (Å²) in [5, 5.41) is 16.4. The van der Waals surface area contributed by atoms with E-state index in [1.807, 2.05) is 0 Å². The number of nitrogens with one attached hydrogen (secondary N) is 1. The van der Waals surface area contributed by atoms with E-state index in [1.165, 1.54) is 23.9 Å². The van der Waals surface area contributed by atoms with Gasteiger partial charge in [-0.25, -0.2) is 4.39 Å². The molecule has 0 radical (unpaired) electrons. The van der Waals surface area contributed by atoms with Crippen molar-refractivity contribution >= 4 is 11.8 Å². The van der Waals surface area contributed by atoms with Crippen LogP contribution >= 0.6 is 11.8 Å². The summed E-state index contributed by atoms with van der Waals surface area (Å²) in [7, 11) is 0. The van der Waals surface area contributed by atoms with Gasteiger partial charge in [0.15, 0.2) is 11.0 Å². The van der Waals surface area contributed by atoms with Gasteiger partial charge in [0.05, 0.1) is 5.75 Å². The molecule has 2 aromatic heterocycles. The van der Waals surface area contributed by atoms with Crippen molar-refractivity contribution in [1.82, 2.24) is 30.2 Å². The van der Waals surface area contributed by atoms with Crippen molar-refractivity contribution in [2.45, 2.75) is 29.8 Å². The second-order valence-corrected chi connectivity index (χ2v) is 6.76. The molecule has 1 fully saturated rings. The molecule has 3 aromatic rings. The average molecular weight is 360 g/mol. The normalized spacial score (nSPS) is 15.6. The topological polar surface area (TPSA) is 81.7 Å². The van der Waals surface area contributed by atoms with Crippen molar-refractivity contribution in [3.05, 3.63) is 42.2 Å². The van der Waals surface area contributed by atoms with Crippen LogP contribution in [-0.2, 0) is 5.75 Å². The summed E-state index contributed by atoms with van der Waals surface area (Å²) in [6.07, 6.45) is 3.92. The Morgan fingerprint density at radius 1 is 1.32 bits per heavy atom. The van der Waals surface area contributed by atoms with Gasteiger partial charge in [-0.3, -0.25) is 0 Å². The summed E-state index contributed by atoms with van der Waals surface area (Å²) < 4.78 is 20.7. The summed E-state index contributed by atoms with van der Waals surface area (Å²) in [4.78, 5) is 4.33. The zero-order chi connectivity index (χ0) is 17.1. The Morgan fingerprint density at radius 3 is 3.04 bits per heavy atom. The minimum atomic E-state index is -0.332. The van der Waals surface area contributed by atoms with Crippen LogP contribution in [0, 0.1) is 5.82 Å². The van der Waals surface area contributed by atoms with E-state index < -0.39 is 0 Å². The lowest BCUT2D eigenvalue weighted by molar-refractivity contribution is 0.350. The number of hydrogen-bond acceptors (Lipinski definition) is 7. The zero-order valence-corrected chi connectivity index (χ0v) is 14.2. The van der Waals surface area contributed by atoms with Gasteiger partial charge in [-0.1, -0.05) is 23.0 Å². The van der Waals surface area contributed by atoms with Crippen molar-refractivity contribution in [1.29, 1.82) is 0 Å². The van der Waals surface area contributed by atoms with Crippen LogP contribution in [0.2, 0.25) is 0 Å². The second-order valence-electron chi connectivity index (χ2n) is 5.82. The SMILES string of the molecule is Fc1cccc(-c2nc(CSc3nncn3C3CCNCC3)no2)c1. The molecule has 9 heteroatoms. The molecule has 130 valence electrons. The van der Waals surface area contributed by atoms with Crippen LogP contribution < -0.4 is 5.32 Å². The maximum absolute atomic E-state index is 13.3. The Bertz CT molecular complexity index is 845. The van der Waals surface area contributed by atoms with E-state index >= 15 is 0 Å². The van der Waals surface area contributed by atoms with Gasteiger partial charge in [0.2, 0.25) is 0 Å².